The Bertz CT molecular complexity index is 575. The number of nitrogens with one attached hydrogen (secondary N) is 1. The minimum atomic E-state index is -2.58. The fourth-order valence-electron chi connectivity index (χ4n) is 2.63. The number of halogens is 2. The third-order valence-corrected chi connectivity index (χ3v) is 3.74. The Balaban J connectivity index is 2.07. The Labute approximate surface area is 140 Å². The smallest absolute Gasteiger partial charge is 0.255 e. The molecule has 0 spiro atoms. The zero-order valence-electron chi connectivity index (χ0n) is 13.6. The van der Waals surface area contributed by atoms with E-state index in [4.69, 9.17) is 4.74 Å². The number of benzene rings is 1. The molecule has 1 aliphatic heterocycles. The third-order valence-electron chi connectivity index (χ3n) is 3.74. The van der Waals surface area contributed by atoms with Crippen molar-refractivity contribution in [3.05, 3.63) is 29.8 Å². The van der Waals surface area contributed by atoms with Crippen LogP contribution in [-0.4, -0.2) is 48.9 Å². The van der Waals surface area contributed by atoms with Gasteiger partial charge in [-0.25, -0.2) is 8.78 Å². The highest BCUT2D eigenvalue weighted by molar-refractivity contribution is 5.98. The van der Waals surface area contributed by atoms with Crippen molar-refractivity contribution in [2.24, 2.45) is 0 Å². The highest BCUT2D eigenvalue weighted by Crippen LogP contribution is 2.17. The standard InChI is InChI=1S/C17H22F2N2O3/c1-2-8-21(11-15(18)19)17(23)12-5-3-6-13(10-12)20-16(22)14-7-4-9-24-14/h3,5-6,10,14-15H,2,4,7-9,11H2,1H3,(H,20,22). The number of alkyl halides is 2. The Morgan fingerprint density at radius 1 is 1.42 bits per heavy atom. The predicted octanol–water partition coefficient (Wildman–Crippen LogP) is 2.92. The Morgan fingerprint density at radius 3 is 2.83 bits per heavy atom. The molecule has 0 bridgehead atoms. The molecular formula is C17H22F2N2O3. The second kappa shape index (κ2) is 8.73. The van der Waals surface area contributed by atoms with Gasteiger partial charge >= 0.3 is 0 Å². The summed E-state index contributed by atoms with van der Waals surface area (Å²) in [5, 5.41) is 2.71. The van der Waals surface area contributed by atoms with E-state index in [2.05, 4.69) is 5.32 Å². The number of carbonyl (C=O) groups excluding carboxylic acids is 2. The average Bonchev–Trinajstić information content (AvgIpc) is 3.08. The van der Waals surface area contributed by atoms with Gasteiger partial charge in [0.05, 0.1) is 6.54 Å². The van der Waals surface area contributed by atoms with Crippen LogP contribution in [0.3, 0.4) is 0 Å². The van der Waals surface area contributed by atoms with Gasteiger partial charge in [0.2, 0.25) is 0 Å². The molecule has 132 valence electrons. The second-order valence-electron chi connectivity index (χ2n) is 5.71. The number of hydrogen-bond donors (Lipinski definition) is 1. The summed E-state index contributed by atoms with van der Waals surface area (Å²) in [5.74, 6) is -0.722. The first-order chi connectivity index (χ1) is 11.5. The number of anilines is 1. The topological polar surface area (TPSA) is 58.6 Å². The summed E-state index contributed by atoms with van der Waals surface area (Å²) in [5.41, 5.74) is 0.726. The van der Waals surface area contributed by atoms with Gasteiger partial charge in [-0.1, -0.05) is 13.0 Å². The molecule has 1 fully saturated rings. The van der Waals surface area contributed by atoms with Crippen molar-refractivity contribution in [2.45, 2.75) is 38.7 Å². The summed E-state index contributed by atoms with van der Waals surface area (Å²) in [4.78, 5) is 25.6. The molecule has 0 saturated carbocycles. The largest absolute Gasteiger partial charge is 0.368 e. The molecule has 2 amide bonds. The molecule has 0 radical (unpaired) electrons. The molecule has 1 aliphatic rings. The van der Waals surface area contributed by atoms with Gasteiger partial charge in [-0.2, -0.15) is 0 Å². The van der Waals surface area contributed by atoms with Gasteiger partial charge in [-0.15, -0.1) is 0 Å². The van der Waals surface area contributed by atoms with Crippen LogP contribution < -0.4 is 5.32 Å². The van der Waals surface area contributed by atoms with Gasteiger partial charge in [0.15, 0.2) is 0 Å². The quantitative estimate of drug-likeness (QED) is 0.830. The highest BCUT2D eigenvalue weighted by Gasteiger charge is 2.24. The van der Waals surface area contributed by atoms with E-state index in [1.807, 2.05) is 6.92 Å². The first-order valence-electron chi connectivity index (χ1n) is 8.11. The van der Waals surface area contributed by atoms with Crippen LogP contribution in [0.5, 0.6) is 0 Å². The van der Waals surface area contributed by atoms with E-state index < -0.39 is 25.0 Å². The minimum Gasteiger partial charge on any atom is -0.368 e. The third kappa shape index (κ3) is 4.99. The van der Waals surface area contributed by atoms with Crippen LogP contribution in [0.2, 0.25) is 0 Å². The minimum absolute atomic E-state index is 0.255. The second-order valence-corrected chi connectivity index (χ2v) is 5.71. The van der Waals surface area contributed by atoms with Crippen LogP contribution in [0.15, 0.2) is 24.3 Å². The van der Waals surface area contributed by atoms with E-state index in [1.165, 1.54) is 6.07 Å². The lowest BCUT2D eigenvalue weighted by atomic mass is 10.1. The zero-order valence-corrected chi connectivity index (χ0v) is 13.6. The maximum atomic E-state index is 12.6. The number of hydrogen-bond acceptors (Lipinski definition) is 3. The number of rotatable bonds is 7. The van der Waals surface area contributed by atoms with E-state index in [-0.39, 0.29) is 18.0 Å². The highest BCUT2D eigenvalue weighted by atomic mass is 19.3. The molecule has 0 aliphatic carbocycles. The molecule has 7 heteroatoms. The first kappa shape index (κ1) is 18.3. The lowest BCUT2D eigenvalue weighted by Crippen LogP contribution is -2.35. The van der Waals surface area contributed by atoms with Gasteiger partial charge in [-0.05, 0) is 37.5 Å². The SMILES string of the molecule is CCCN(CC(F)F)C(=O)c1cccc(NC(=O)C2CCCO2)c1. The van der Waals surface area contributed by atoms with Crippen molar-refractivity contribution in [3.63, 3.8) is 0 Å². The molecule has 24 heavy (non-hydrogen) atoms. The summed E-state index contributed by atoms with van der Waals surface area (Å²) in [6.07, 6.45) is -0.949. The van der Waals surface area contributed by atoms with Crippen LogP contribution in [-0.2, 0) is 9.53 Å². The molecule has 1 unspecified atom stereocenters. The van der Waals surface area contributed by atoms with E-state index in [0.29, 0.717) is 25.1 Å². The zero-order chi connectivity index (χ0) is 17.5. The molecule has 2 rings (SSSR count). The molecule has 1 heterocycles. The van der Waals surface area contributed by atoms with Crippen LogP contribution in [0, 0.1) is 0 Å². The van der Waals surface area contributed by atoms with Gasteiger partial charge in [0.25, 0.3) is 18.2 Å². The fourth-order valence-corrected chi connectivity index (χ4v) is 2.63. The Hall–Kier alpha value is -2.02. The Kier molecular flexibility index (Phi) is 6.66. The lowest BCUT2D eigenvalue weighted by molar-refractivity contribution is -0.124. The van der Waals surface area contributed by atoms with Crippen molar-refractivity contribution in [1.29, 1.82) is 0 Å². The molecule has 1 aromatic rings. The van der Waals surface area contributed by atoms with Crippen LogP contribution >= 0.6 is 0 Å². The van der Waals surface area contributed by atoms with Crippen molar-refractivity contribution in [3.8, 4) is 0 Å². The number of nitrogens with zero attached hydrogens (tertiary/aromatic N) is 1. The van der Waals surface area contributed by atoms with Crippen molar-refractivity contribution in [1.82, 2.24) is 4.90 Å². The Morgan fingerprint density at radius 2 is 2.21 bits per heavy atom. The molecule has 0 aromatic heterocycles. The average molecular weight is 340 g/mol. The molecular weight excluding hydrogens is 318 g/mol. The van der Waals surface area contributed by atoms with Crippen molar-refractivity contribution in [2.75, 3.05) is 25.0 Å². The molecule has 1 atom stereocenters. The lowest BCUT2D eigenvalue weighted by Gasteiger charge is -2.22. The number of carbonyl (C=O) groups is 2. The van der Waals surface area contributed by atoms with E-state index >= 15 is 0 Å². The summed E-state index contributed by atoms with van der Waals surface area (Å²) in [6.45, 7) is 2.05. The number of ether oxygens (including phenoxy) is 1. The summed E-state index contributed by atoms with van der Waals surface area (Å²) >= 11 is 0. The van der Waals surface area contributed by atoms with E-state index in [0.717, 1.165) is 11.3 Å². The summed E-state index contributed by atoms with van der Waals surface area (Å²) < 4.78 is 30.6. The molecule has 5 nitrogen and oxygen atoms in total. The fraction of sp³-hybridized carbons (Fsp3) is 0.529. The molecule has 1 N–H and O–H groups in total. The maximum absolute atomic E-state index is 12.6. The predicted molar refractivity (Wildman–Crippen MR) is 86.2 cm³/mol. The summed E-state index contributed by atoms with van der Waals surface area (Å²) in [7, 11) is 0. The van der Waals surface area contributed by atoms with Crippen molar-refractivity contribution >= 4 is 17.5 Å². The normalized spacial score (nSPS) is 17.1. The van der Waals surface area contributed by atoms with Crippen LogP contribution in [0.25, 0.3) is 0 Å². The van der Waals surface area contributed by atoms with Gasteiger partial charge < -0.3 is 15.0 Å². The molecule has 1 aromatic carbocycles. The van der Waals surface area contributed by atoms with E-state index in [1.54, 1.807) is 18.2 Å². The van der Waals surface area contributed by atoms with Gasteiger partial charge in [-0.3, -0.25) is 9.59 Å². The summed E-state index contributed by atoms with van der Waals surface area (Å²) in [6, 6.07) is 6.33. The van der Waals surface area contributed by atoms with Crippen molar-refractivity contribution < 1.29 is 23.1 Å². The monoisotopic (exact) mass is 340 g/mol. The van der Waals surface area contributed by atoms with Gasteiger partial charge in [0.1, 0.15) is 6.10 Å². The van der Waals surface area contributed by atoms with Gasteiger partial charge in [0, 0.05) is 24.4 Å². The molecule has 1 saturated heterocycles. The maximum Gasteiger partial charge on any atom is 0.255 e. The van der Waals surface area contributed by atoms with Crippen LogP contribution in [0.1, 0.15) is 36.5 Å². The first-order valence-corrected chi connectivity index (χ1v) is 8.11. The van der Waals surface area contributed by atoms with E-state index in [9.17, 15) is 18.4 Å². The number of amides is 2. The van der Waals surface area contributed by atoms with Crippen LogP contribution in [0.4, 0.5) is 14.5 Å².